The summed E-state index contributed by atoms with van der Waals surface area (Å²) in [5.74, 6) is -0.801. The molecular formula is C19H20ClN2O4+. The minimum atomic E-state index is -2.17. The molecule has 6 nitrogen and oxygen atoms in total. The summed E-state index contributed by atoms with van der Waals surface area (Å²) in [4.78, 5) is 29.8. The van der Waals surface area contributed by atoms with Gasteiger partial charge in [-0.3, -0.25) is 4.98 Å². The fraction of sp³-hybridized carbons (Fsp3) is 0.316. The van der Waals surface area contributed by atoms with Gasteiger partial charge >= 0.3 is 12.0 Å². The normalized spacial score (nSPS) is 24.8. The first-order valence-corrected chi connectivity index (χ1v) is 8.76. The van der Waals surface area contributed by atoms with E-state index < -0.39 is 28.1 Å². The monoisotopic (exact) mass is 375 g/mol. The number of nitrogens with zero attached hydrogens (tertiary/aromatic N) is 2. The zero-order valence-corrected chi connectivity index (χ0v) is 15.1. The van der Waals surface area contributed by atoms with Crippen LogP contribution < -0.4 is 0 Å². The number of carboxylic acid groups (broad SMARTS) is 1. The fourth-order valence-electron chi connectivity index (χ4n) is 3.74. The summed E-state index contributed by atoms with van der Waals surface area (Å²) in [6, 6.07) is 9.00. The van der Waals surface area contributed by atoms with E-state index in [1.807, 2.05) is 0 Å². The van der Waals surface area contributed by atoms with Crippen molar-refractivity contribution in [2.45, 2.75) is 31.4 Å². The topological polar surface area (TPSA) is 87.5 Å². The lowest BCUT2D eigenvalue weighted by molar-refractivity contribution is -0.796. The van der Waals surface area contributed by atoms with E-state index in [9.17, 15) is 19.8 Å². The highest BCUT2D eigenvalue weighted by Gasteiger charge is 2.61. The molecule has 3 atom stereocenters. The van der Waals surface area contributed by atoms with Gasteiger partial charge in [0, 0.05) is 41.4 Å². The zero-order chi connectivity index (χ0) is 18.9. The molecule has 1 aromatic carbocycles. The molecule has 2 unspecified atom stereocenters. The van der Waals surface area contributed by atoms with E-state index in [2.05, 4.69) is 4.98 Å². The Kier molecular flexibility index (Phi) is 4.84. The number of amides is 2. The van der Waals surface area contributed by atoms with E-state index in [0.29, 0.717) is 17.9 Å². The maximum atomic E-state index is 13.6. The third-order valence-corrected chi connectivity index (χ3v) is 5.46. The number of halogens is 1. The summed E-state index contributed by atoms with van der Waals surface area (Å²) < 4.78 is -0.822. The largest absolute Gasteiger partial charge is 0.521 e. The first-order valence-electron chi connectivity index (χ1n) is 8.38. The average molecular weight is 376 g/mol. The van der Waals surface area contributed by atoms with Crippen LogP contribution in [-0.4, -0.2) is 44.3 Å². The highest BCUT2D eigenvalue weighted by atomic mass is 35.5. The Labute approximate surface area is 156 Å². The standard InChI is InChI=1S/C19H19ClN2O4/c1-13-5-4-10-22(13,18(24)25)17(23)19(26,15-7-3-9-21-12-15)14-6-2-8-16(20)11-14/h2-3,6-9,11-13,26H,4-5,10H2,1H3/p+1/t13-,19?,22?/m1/s1. The molecule has 136 valence electrons. The number of aliphatic hydroxyl groups is 1. The average Bonchev–Trinajstić information content (AvgIpc) is 3.03. The van der Waals surface area contributed by atoms with Gasteiger partial charge in [0.25, 0.3) is 0 Å². The van der Waals surface area contributed by atoms with E-state index in [1.165, 1.54) is 18.5 Å². The molecule has 1 saturated heterocycles. The van der Waals surface area contributed by atoms with Gasteiger partial charge in [-0.2, -0.15) is 9.28 Å². The number of imide groups is 1. The predicted molar refractivity (Wildman–Crippen MR) is 95.5 cm³/mol. The highest BCUT2D eigenvalue weighted by Crippen LogP contribution is 2.39. The first-order chi connectivity index (χ1) is 12.3. The lowest BCUT2D eigenvalue weighted by Gasteiger charge is -2.37. The summed E-state index contributed by atoms with van der Waals surface area (Å²) in [6.07, 6.45) is 2.82. The van der Waals surface area contributed by atoms with Gasteiger partial charge in [-0.1, -0.05) is 29.8 Å². The molecule has 1 aliphatic rings. The van der Waals surface area contributed by atoms with Gasteiger partial charge < -0.3 is 10.2 Å². The molecule has 1 fully saturated rings. The van der Waals surface area contributed by atoms with Gasteiger partial charge in [-0.05, 0) is 25.1 Å². The Bertz CT molecular complexity index is 844. The number of carbonyl (C=O) groups excluding carboxylic acids is 1. The van der Waals surface area contributed by atoms with Crippen molar-refractivity contribution in [2.24, 2.45) is 0 Å². The first kappa shape index (κ1) is 18.5. The summed E-state index contributed by atoms with van der Waals surface area (Å²) in [6.45, 7) is 1.86. The number of hydrogen-bond donors (Lipinski definition) is 2. The Balaban J connectivity index is 2.25. The Hall–Kier alpha value is -2.28. The van der Waals surface area contributed by atoms with Crippen molar-refractivity contribution in [2.75, 3.05) is 6.54 Å². The van der Waals surface area contributed by atoms with Crippen LogP contribution in [0.1, 0.15) is 30.9 Å². The molecule has 2 amide bonds. The lowest BCUT2D eigenvalue weighted by Crippen LogP contribution is -2.64. The van der Waals surface area contributed by atoms with Crippen LogP contribution in [-0.2, 0) is 10.4 Å². The summed E-state index contributed by atoms with van der Waals surface area (Å²) in [7, 11) is 0. The smallest absolute Gasteiger partial charge is 0.435 e. The van der Waals surface area contributed by atoms with Crippen molar-refractivity contribution in [1.29, 1.82) is 0 Å². The molecule has 1 aromatic heterocycles. The van der Waals surface area contributed by atoms with Gasteiger partial charge in [-0.15, -0.1) is 0 Å². The maximum Gasteiger partial charge on any atom is 0.521 e. The fourth-order valence-corrected chi connectivity index (χ4v) is 3.93. The van der Waals surface area contributed by atoms with Crippen molar-refractivity contribution in [3.63, 3.8) is 0 Å². The van der Waals surface area contributed by atoms with Crippen LogP contribution in [0.3, 0.4) is 0 Å². The maximum absolute atomic E-state index is 13.6. The van der Waals surface area contributed by atoms with Crippen LogP contribution in [0.5, 0.6) is 0 Å². The van der Waals surface area contributed by atoms with E-state index in [4.69, 9.17) is 11.6 Å². The van der Waals surface area contributed by atoms with E-state index in [-0.39, 0.29) is 17.7 Å². The third-order valence-electron chi connectivity index (χ3n) is 5.22. The molecule has 2 N–H and O–H groups in total. The minimum absolute atomic E-state index is 0.137. The second kappa shape index (κ2) is 6.79. The molecule has 7 heteroatoms. The number of hydrogen-bond acceptors (Lipinski definition) is 4. The number of rotatable bonds is 3. The number of benzene rings is 1. The predicted octanol–water partition coefficient (Wildman–Crippen LogP) is 3.17. The molecule has 26 heavy (non-hydrogen) atoms. The summed E-state index contributed by atoms with van der Waals surface area (Å²) >= 11 is 6.07. The van der Waals surface area contributed by atoms with Crippen molar-refractivity contribution in [3.05, 3.63) is 64.9 Å². The lowest BCUT2D eigenvalue weighted by atomic mass is 9.85. The van der Waals surface area contributed by atoms with Crippen molar-refractivity contribution in [1.82, 2.24) is 4.98 Å². The number of pyridine rings is 1. The second-order valence-electron chi connectivity index (χ2n) is 6.63. The molecule has 2 aromatic rings. The molecular weight excluding hydrogens is 356 g/mol. The number of likely N-dealkylation sites (tertiary alicyclic amines) is 1. The summed E-state index contributed by atoms with van der Waals surface area (Å²) in [5.41, 5.74) is -1.73. The number of quaternary nitrogens is 1. The van der Waals surface area contributed by atoms with Gasteiger partial charge in [0.15, 0.2) is 0 Å². The van der Waals surface area contributed by atoms with Crippen molar-refractivity contribution in [3.8, 4) is 0 Å². The SMILES string of the molecule is C[C@@H]1CCC[N+]1(C(=O)O)C(=O)C(O)(c1cccnc1)c1cccc(Cl)c1. The zero-order valence-electron chi connectivity index (χ0n) is 14.3. The van der Waals surface area contributed by atoms with Gasteiger partial charge in [-0.25, -0.2) is 4.79 Å². The van der Waals surface area contributed by atoms with Crippen LogP contribution >= 0.6 is 11.6 Å². The van der Waals surface area contributed by atoms with E-state index >= 15 is 0 Å². The molecule has 1 aliphatic heterocycles. The van der Waals surface area contributed by atoms with Gasteiger partial charge in [0.05, 0.1) is 6.54 Å². The van der Waals surface area contributed by atoms with E-state index in [1.54, 1.807) is 37.3 Å². The minimum Gasteiger partial charge on any atom is -0.435 e. The molecule has 0 spiro atoms. The molecule has 0 radical (unpaired) electrons. The number of carbonyl (C=O) groups is 2. The van der Waals surface area contributed by atoms with Crippen LogP contribution in [0.4, 0.5) is 4.79 Å². The summed E-state index contributed by atoms with van der Waals surface area (Å²) in [5, 5.41) is 21.9. The van der Waals surface area contributed by atoms with Crippen LogP contribution in [0.15, 0.2) is 48.8 Å². The van der Waals surface area contributed by atoms with Crippen LogP contribution in [0.2, 0.25) is 5.02 Å². The van der Waals surface area contributed by atoms with Crippen LogP contribution in [0, 0.1) is 0 Å². The molecule has 3 rings (SSSR count). The van der Waals surface area contributed by atoms with Crippen LogP contribution in [0.25, 0.3) is 0 Å². The van der Waals surface area contributed by atoms with Crippen molar-refractivity contribution >= 4 is 23.6 Å². The van der Waals surface area contributed by atoms with Crippen molar-refractivity contribution < 1.29 is 24.3 Å². The Morgan fingerprint density at radius 2 is 2.00 bits per heavy atom. The molecule has 2 heterocycles. The molecule has 0 saturated carbocycles. The van der Waals surface area contributed by atoms with E-state index in [0.717, 1.165) is 0 Å². The second-order valence-corrected chi connectivity index (χ2v) is 7.07. The molecule has 0 aliphatic carbocycles. The molecule has 0 bridgehead atoms. The van der Waals surface area contributed by atoms with Gasteiger partial charge in [0.2, 0.25) is 5.60 Å². The number of aromatic nitrogens is 1. The quantitative estimate of drug-likeness (QED) is 0.804. The third kappa shape index (κ3) is 2.70. The Morgan fingerprint density at radius 1 is 1.27 bits per heavy atom. The Morgan fingerprint density at radius 3 is 2.54 bits per heavy atom. The van der Waals surface area contributed by atoms with Gasteiger partial charge in [0.1, 0.15) is 6.04 Å². The highest BCUT2D eigenvalue weighted by molar-refractivity contribution is 6.30.